The molecule has 0 bridgehead atoms. The molecule has 1 aliphatic heterocycles. The second-order valence-electron chi connectivity index (χ2n) is 6.05. The van der Waals surface area contributed by atoms with Gasteiger partial charge in [-0.1, -0.05) is 29.3 Å². The van der Waals surface area contributed by atoms with Gasteiger partial charge in [-0.15, -0.1) is 0 Å². The van der Waals surface area contributed by atoms with Crippen LogP contribution in [0.15, 0.2) is 18.2 Å². The predicted octanol–water partition coefficient (Wildman–Crippen LogP) is 4.33. The van der Waals surface area contributed by atoms with Gasteiger partial charge in [-0.3, -0.25) is 4.90 Å². The number of halogens is 2. The standard InChI is InChI=1S/C15H18Cl2N2/c1-15(2,3)19-8-10(7-18)11(9-19)14-12(16)5-4-6-13(14)17/h4-6,10-11H,8-9H2,1-3H3/t10-,11-/m1/s1. The van der Waals surface area contributed by atoms with E-state index in [1.54, 1.807) is 0 Å². The first kappa shape index (κ1) is 14.7. The molecular weight excluding hydrogens is 279 g/mol. The Kier molecular flexibility index (Phi) is 4.11. The van der Waals surface area contributed by atoms with Crippen molar-refractivity contribution < 1.29 is 0 Å². The van der Waals surface area contributed by atoms with Crippen molar-refractivity contribution in [2.45, 2.75) is 32.2 Å². The largest absolute Gasteiger partial charge is 0.297 e. The molecule has 0 radical (unpaired) electrons. The molecule has 1 saturated heterocycles. The fourth-order valence-electron chi connectivity index (χ4n) is 2.64. The van der Waals surface area contributed by atoms with Crippen molar-refractivity contribution >= 4 is 23.2 Å². The highest BCUT2D eigenvalue weighted by Gasteiger charge is 2.40. The lowest BCUT2D eigenvalue weighted by Crippen LogP contribution is -2.39. The van der Waals surface area contributed by atoms with E-state index in [1.165, 1.54) is 0 Å². The number of hydrogen-bond donors (Lipinski definition) is 0. The molecule has 0 spiro atoms. The van der Waals surface area contributed by atoms with E-state index in [1.807, 2.05) is 18.2 Å². The molecule has 0 saturated carbocycles. The average molecular weight is 297 g/mol. The minimum atomic E-state index is -0.0587. The van der Waals surface area contributed by atoms with Crippen LogP contribution < -0.4 is 0 Å². The van der Waals surface area contributed by atoms with Crippen molar-refractivity contribution in [1.82, 2.24) is 4.90 Å². The summed E-state index contributed by atoms with van der Waals surface area (Å²) in [5.74, 6) is 0.0297. The summed E-state index contributed by atoms with van der Waals surface area (Å²) in [7, 11) is 0. The summed E-state index contributed by atoms with van der Waals surface area (Å²) in [4.78, 5) is 2.32. The van der Waals surface area contributed by atoms with Crippen LogP contribution in [0.4, 0.5) is 0 Å². The maximum Gasteiger partial charge on any atom is 0.0676 e. The first-order valence-corrected chi connectivity index (χ1v) is 7.18. The van der Waals surface area contributed by atoms with E-state index in [-0.39, 0.29) is 17.4 Å². The monoisotopic (exact) mass is 296 g/mol. The zero-order valence-corrected chi connectivity index (χ0v) is 13.0. The van der Waals surface area contributed by atoms with Gasteiger partial charge in [0.2, 0.25) is 0 Å². The van der Waals surface area contributed by atoms with Crippen LogP contribution in [-0.4, -0.2) is 23.5 Å². The Morgan fingerprint density at radius 3 is 2.26 bits per heavy atom. The van der Waals surface area contributed by atoms with Crippen LogP contribution in [-0.2, 0) is 0 Å². The number of rotatable bonds is 1. The molecule has 0 aromatic heterocycles. The number of likely N-dealkylation sites (tertiary alicyclic amines) is 1. The quantitative estimate of drug-likeness (QED) is 0.771. The van der Waals surface area contributed by atoms with E-state index in [9.17, 15) is 5.26 Å². The van der Waals surface area contributed by atoms with Gasteiger partial charge in [-0.25, -0.2) is 0 Å². The fourth-order valence-corrected chi connectivity index (χ4v) is 3.32. The highest BCUT2D eigenvalue weighted by Crippen LogP contribution is 2.41. The summed E-state index contributed by atoms with van der Waals surface area (Å²) < 4.78 is 0. The SMILES string of the molecule is CC(C)(C)N1C[C@@H](C#N)[C@H](c2c(Cl)cccc2Cl)C1. The van der Waals surface area contributed by atoms with Gasteiger partial charge < -0.3 is 0 Å². The van der Waals surface area contributed by atoms with Crippen molar-refractivity contribution in [2.75, 3.05) is 13.1 Å². The highest BCUT2D eigenvalue weighted by atomic mass is 35.5. The molecule has 0 aliphatic carbocycles. The number of benzene rings is 1. The summed E-state index contributed by atoms with van der Waals surface area (Å²) >= 11 is 12.6. The molecule has 0 amide bonds. The lowest BCUT2D eigenvalue weighted by molar-refractivity contribution is 0.170. The molecule has 1 aliphatic rings. The van der Waals surface area contributed by atoms with Crippen LogP contribution in [0, 0.1) is 17.2 Å². The summed E-state index contributed by atoms with van der Waals surface area (Å²) in [5, 5.41) is 10.7. The minimum absolute atomic E-state index is 0.0532. The molecule has 1 aromatic carbocycles. The van der Waals surface area contributed by atoms with Crippen molar-refractivity contribution in [3.8, 4) is 6.07 Å². The average Bonchev–Trinajstić information content (AvgIpc) is 2.72. The molecule has 0 unspecified atom stereocenters. The molecule has 2 rings (SSSR count). The molecule has 4 heteroatoms. The maximum absolute atomic E-state index is 9.40. The topological polar surface area (TPSA) is 27.0 Å². The first-order chi connectivity index (χ1) is 8.84. The summed E-state index contributed by atoms with van der Waals surface area (Å²) in [6.07, 6.45) is 0. The van der Waals surface area contributed by atoms with Gasteiger partial charge in [0.25, 0.3) is 0 Å². The van der Waals surface area contributed by atoms with E-state index in [0.717, 1.165) is 18.7 Å². The van der Waals surface area contributed by atoms with Crippen molar-refractivity contribution in [2.24, 2.45) is 5.92 Å². The van der Waals surface area contributed by atoms with Crippen molar-refractivity contribution in [3.05, 3.63) is 33.8 Å². The van der Waals surface area contributed by atoms with Crippen LogP contribution in [0.3, 0.4) is 0 Å². The molecule has 1 aromatic rings. The Balaban J connectivity index is 2.37. The third-order valence-corrected chi connectivity index (χ3v) is 4.46. The van der Waals surface area contributed by atoms with Crippen molar-refractivity contribution in [1.29, 1.82) is 5.26 Å². The van der Waals surface area contributed by atoms with Gasteiger partial charge in [0.1, 0.15) is 0 Å². The van der Waals surface area contributed by atoms with Crippen LogP contribution in [0.2, 0.25) is 10.0 Å². The predicted molar refractivity (Wildman–Crippen MR) is 79.6 cm³/mol. The highest BCUT2D eigenvalue weighted by molar-refractivity contribution is 6.36. The molecule has 2 atom stereocenters. The fraction of sp³-hybridized carbons (Fsp3) is 0.533. The van der Waals surface area contributed by atoms with E-state index in [0.29, 0.717) is 10.0 Å². The Labute approximate surface area is 124 Å². The smallest absolute Gasteiger partial charge is 0.0676 e. The van der Waals surface area contributed by atoms with Gasteiger partial charge in [0.15, 0.2) is 0 Å². The number of hydrogen-bond acceptors (Lipinski definition) is 2. The lowest BCUT2D eigenvalue weighted by atomic mass is 9.90. The molecular formula is C15H18Cl2N2. The van der Waals surface area contributed by atoms with Crippen LogP contribution in [0.5, 0.6) is 0 Å². The van der Waals surface area contributed by atoms with E-state index in [2.05, 4.69) is 31.7 Å². The van der Waals surface area contributed by atoms with Gasteiger partial charge in [-0.05, 0) is 38.5 Å². The number of nitrogens with zero attached hydrogens (tertiary/aromatic N) is 2. The Morgan fingerprint density at radius 2 is 1.79 bits per heavy atom. The van der Waals surface area contributed by atoms with E-state index in [4.69, 9.17) is 23.2 Å². The van der Waals surface area contributed by atoms with Gasteiger partial charge in [0, 0.05) is 34.6 Å². The lowest BCUT2D eigenvalue weighted by Gasteiger charge is -2.31. The maximum atomic E-state index is 9.40. The number of nitriles is 1. The Bertz CT molecular complexity index is 494. The second kappa shape index (κ2) is 5.32. The van der Waals surface area contributed by atoms with Crippen molar-refractivity contribution in [3.63, 3.8) is 0 Å². The second-order valence-corrected chi connectivity index (χ2v) is 6.87. The van der Waals surface area contributed by atoms with Crippen LogP contribution in [0.25, 0.3) is 0 Å². The Hall–Kier alpha value is -0.750. The molecule has 1 heterocycles. The summed E-state index contributed by atoms with van der Waals surface area (Å²) in [5.41, 5.74) is 0.974. The molecule has 19 heavy (non-hydrogen) atoms. The third-order valence-electron chi connectivity index (χ3n) is 3.80. The van der Waals surface area contributed by atoms with Crippen LogP contribution in [0.1, 0.15) is 32.3 Å². The zero-order valence-electron chi connectivity index (χ0n) is 11.5. The minimum Gasteiger partial charge on any atom is -0.297 e. The molecule has 2 nitrogen and oxygen atoms in total. The molecule has 102 valence electrons. The van der Waals surface area contributed by atoms with E-state index < -0.39 is 0 Å². The third kappa shape index (κ3) is 2.89. The first-order valence-electron chi connectivity index (χ1n) is 6.43. The summed E-state index contributed by atoms with van der Waals surface area (Å²) in [6, 6.07) is 7.94. The van der Waals surface area contributed by atoms with Gasteiger partial charge >= 0.3 is 0 Å². The zero-order chi connectivity index (χ0) is 14.2. The molecule has 0 N–H and O–H groups in total. The summed E-state index contributed by atoms with van der Waals surface area (Å²) in [6.45, 7) is 8.09. The molecule has 1 fully saturated rings. The normalized spacial score (nSPS) is 24.4. The van der Waals surface area contributed by atoms with Crippen LogP contribution >= 0.6 is 23.2 Å². The van der Waals surface area contributed by atoms with Gasteiger partial charge in [-0.2, -0.15) is 5.26 Å². The van der Waals surface area contributed by atoms with E-state index >= 15 is 0 Å². The Morgan fingerprint density at radius 1 is 1.21 bits per heavy atom. The van der Waals surface area contributed by atoms with Gasteiger partial charge in [0.05, 0.1) is 12.0 Å².